The van der Waals surface area contributed by atoms with Crippen LogP contribution in [0.1, 0.15) is 41.9 Å². The number of hydrogen-bond donors (Lipinski definition) is 1. The Bertz CT molecular complexity index is 1070. The number of carbonyl (C=O) groups is 1. The Morgan fingerprint density at radius 3 is 2.59 bits per heavy atom. The monoisotopic (exact) mass is 392 g/mol. The third-order valence-electron chi connectivity index (χ3n) is 5.02. The Morgan fingerprint density at radius 1 is 1.17 bits per heavy atom. The lowest BCUT2D eigenvalue weighted by atomic mass is 10.0. The smallest absolute Gasteiger partial charge is 0.271 e. The molecule has 3 aromatic rings. The first-order valence-corrected chi connectivity index (χ1v) is 9.53. The van der Waals surface area contributed by atoms with E-state index in [0.29, 0.717) is 17.1 Å². The lowest BCUT2D eigenvalue weighted by molar-refractivity contribution is -0.384. The van der Waals surface area contributed by atoms with Crippen LogP contribution < -0.4 is 5.32 Å². The van der Waals surface area contributed by atoms with Crippen LogP contribution in [0, 0.1) is 24.0 Å². The molecule has 0 aliphatic carbocycles. The lowest BCUT2D eigenvalue weighted by Crippen LogP contribution is -2.33. The second-order valence-electron chi connectivity index (χ2n) is 7.19. The number of carbonyl (C=O) groups excluding carboxylic acids is 1. The van der Waals surface area contributed by atoms with Crippen molar-refractivity contribution >= 4 is 11.6 Å². The largest absolute Gasteiger partial charge is 0.348 e. The number of non-ortho nitro benzene ring substituents is 1. The van der Waals surface area contributed by atoms with E-state index in [4.69, 9.17) is 0 Å². The van der Waals surface area contributed by atoms with Crippen LogP contribution in [-0.4, -0.2) is 26.7 Å². The van der Waals surface area contributed by atoms with Crippen molar-refractivity contribution in [3.8, 4) is 16.9 Å². The van der Waals surface area contributed by atoms with Crippen LogP contribution in [0.15, 0.2) is 48.5 Å². The van der Waals surface area contributed by atoms with E-state index in [1.807, 2.05) is 45.9 Å². The minimum Gasteiger partial charge on any atom is -0.348 e. The number of hydrogen-bond acceptors (Lipinski definition) is 4. The predicted molar refractivity (Wildman–Crippen MR) is 112 cm³/mol. The minimum atomic E-state index is -0.462. The van der Waals surface area contributed by atoms with Gasteiger partial charge in [0.05, 0.1) is 16.3 Å². The maximum Gasteiger partial charge on any atom is 0.271 e. The Morgan fingerprint density at radius 2 is 1.93 bits per heavy atom. The van der Waals surface area contributed by atoms with Gasteiger partial charge in [-0.3, -0.25) is 14.9 Å². The third kappa shape index (κ3) is 4.34. The van der Waals surface area contributed by atoms with Crippen molar-refractivity contribution in [1.29, 1.82) is 0 Å². The fourth-order valence-corrected chi connectivity index (χ4v) is 2.92. The number of nitro benzene ring substituents is 1. The van der Waals surface area contributed by atoms with E-state index in [0.717, 1.165) is 17.5 Å². The van der Waals surface area contributed by atoms with Gasteiger partial charge < -0.3 is 5.32 Å². The summed E-state index contributed by atoms with van der Waals surface area (Å²) in [4.78, 5) is 23.6. The summed E-state index contributed by atoms with van der Waals surface area (Å²) in [5.74, 6) is -0.270. The van der Waals surface area contributed by atoms with Crippen molar-refractivity contribution in [2.45, 2.75) is 40.2 Å². The van der Waals surface area contributed by atoms with E-state index in [1.165, 1.54) is 22.4 Å². The SMILES string of the molecule is CC[C@@H](C)NC(=O)c1cc(-c2ccc(C)c(C)c2)nn1-c1cccc([N+](=O)[O-])c1. The van der Waals surface area contributed by atoms with Gasteiger partial charge in [0.15, 0.2) is 0 Å². The molecule has 0 unspecified atom stereocenters. The molecule has 0 fully saturated rings. The van der Waals surface area contributed by atoms with Gasteiger partial charge in [0.1, 0.15) is 5.69 Å². The topological polar surface area (TPSA) is 90.1 Å². The summed E-state index contributed by atoms with van der Waals surface area (Å²) in [7, 11) is 0. The molecular weight excluding hydrogens is 368 g/mol. The van der Waals surface area contributed by atoms with Crippen LogP contribution in [0.3, 0.4) is 0 Å². The maximum atomic E-state index is 12.9. The summed E-state index contributed by atoms with van der Waals surface area (Å²) >= 11 is 0. The van der Waals surface area contributed by atoms with Gasteiger partial charge in [-0.05, 0) is 56.5 Å². The molecule has 1 atom stereocenters. The van der Waals surface area contributed by atoms with E-state index in [9.17, 15) is 14.9 Å². The van der Waals surface area contributed by atoms with Gasteiger partial charge in [0, 0.05) is 23.7 Å². The summed E-state index contributed by atoms with van der Waals surface area (Å²) in [5.41, 5.74) is 4.55. The molecule has 1 N–H and O–H groups in total. The molecule has 0 radical (unpaired) electrons. The van der Waals surface area contributed by atoms with Crippen LogP contribution in [0.4, 0.5) is 5.69 Å². The molecule has 0 spiro atoms. The van der Waals surface area contributed by atoms with E-state index in [1.54, 1.807) is 18.2 Å². The summed E-state index contributed by atoms with van der Waals surface area (Å²) in [6.07, 6.45) is 0.792. The van der Waals surface area contributed by atoms with Crippen molar-refractivity contribution in [2.24, 2.45) is 0 Å². The molecule has 2 aromatic carbocycles. The number of nitro groups is 1. The Labute approximate surface area is 169 Å². The van der Waals surface area contributed by atoms with Gasteiger partial charge >= 0.3 is 0 Å². The maximum absolute atomic E-state index is 12.9. The molecule has 1 amide bonds. The Balaban J connectivity index is 2.13. The number of aryl methyl sites for hydroxylation is 2. The first-order valence-electron chi connectivity index (χ1n) is 9.53. The summed E-state index contributed by atoms with van der Waals surface area (Å²) in [5, 5.41) is 18.7. The van der Waals surface area contributed by atoms with Crippen molar-refractivity contribution in [1.82, 2.24) is 15.1 Å². The van der Waals surface area contributed by atoms with Crippen molar-refractivity contribution in [3.63, 3.8) is 0 Å². The van der Waals surface area contributed by atoms with Crippen LogP contribution in [0.5, 0.6) is 0 Å². The number of nitrogens with zero attached hydrogens (tertiary/aromatic N) is 3. The lowest BCUT2D eigenvalue weighted by Gasteiger charge is -2.12. The van der Waals surface area contributed by atoms with Gasteiger partial charge in [0.25, 0.3) is 11.6 Å². The standard InChI is InChI=1S/C22H24N4O3/c1-5-16(4)23-22(27)21-13-20(17-10-9-14(2)15(3)11-17)24-25(21)18-7-6-8-19(12-18)26(28)29/h6-13,16H,5H2,1-4H3,(H,23,27)/t16-/m1/s1. The van der Waals surface area contributed by atoms with Crippen molar-refractivity contribution in [3.05, 3.63) is 75.5 Å². The number of benzene rings is 2. The highest BCUT2D eigenvalue weighted by atomic mass is 16.6. The van der Waals surface area contributed by atoms with Gasteiger partial charge in [-0.1, -0.05) is 25.1 Å². The van der Waals surface area contributed by atoms with Crippen LogP contribution in [0.25, 0.3) is 16.9 Å². The minimum absolute atomic E-state index is 0.000953. The second-order valence-corrected chi connectivity index (χ2v) is 7.19. The van der Waals surface area contributed by atoms with Gasteiger partial charge in [-0.15, -0.1) is 0 Å². The Kier molecular flexibility index (Phi) is 5.77. The second kappa shape index (κ2) is 8.26. The number of amides is 1. The molecule has 0 saturated carbocycles. The van der Waals surface area contributed by atoms with Crippen LogP contribution in [-0.2, 0) is 0 Å². The fourth-order valence-electron chi connectivity index (χ4n) is 2.92. The number of aromatic nitrogens is 2. The summed E-state index contributed by atoms with van der Waals surface area (Å²) < 4.78 is 1.47. The van der Waals surface area contributed by atoms with Crippen molar-refractivity contribution < 1.29 is 9.72 Å². The highest BCUT2D eigenvalue weighted by Crippen LogP contribution is 2.25. The van der Waals surface area contributed by atoms with E-state index >= 15 is 0 Å². The zero-order valence-electron chi connectivity index (χ0n) is 17.0. The van der Waals surface area contributed by atoms with E-state index < -0.39 is 4.92 Å². The molecule has 3 rings (SSSR count). The molecule has 7 heteroatoms. The van der Waals surface area contributed by atoms with Gasteiger partial charge in [0.2, 0.25) is 0 Å². The predicted octanol–water partition coefficient (Wildman–Crippen LogP) is 4.59. The zero-order valence-corrected chi connectivity index (χ0v) is 17.0. The van der Waals surface area contributed by atoms with E-state index in [-0.39, 0.29) is 17.6 Å². The van der Waals surface area contributed by atoms with Gasteiger partial charge in [-0.2, -0.15) is 5.10 Å². The normalized spacial score (nSPS) is 11.9. The molecule has 0 saturated heterocycles. The third-order valence-corrected chi connectivity index (χ3v) is 5.02. The Hall–Kier alpha value is -3.48. The molecular formula is C22H24N4O3. The molecule has 1 heterocycles. The fraction of sp³-hybridized carbons (Fsp3) is 0.273. The zero-order chi connectivity index (χ0) is 21.1. The summed E-state index contributed by atoms with van der Waals surface area (Å²) in [6.45, 7) is 7.97. The van der Waals surface area contributed by atoms with Gasteiger partial charge in [-0.25, -0.2) is 4.68 Å². The molecule has 29 heavy (non-hydrogen) atoms. The molecule has 0 bridgehead atoms. The molecule has 0 aliphatic rings. The van der Waals surface area contributed by atoms with Crippen LogP contribution in [0.2, 0.25) is 0 Å². The average Bonchev–Trinajstić information content (AvgIpc) is 3.15. The number of rotatable bonds is 6. The molecule has 1 aromatic heterocycles. The summed E-state index contributed by atoms with van der Waals surface area (Å²) in [6, 6.07) is 13.8. The number of nitrogens with one attached hydrogen (secondary N) is 1. The van der Waals surface area contributed by atoms with E-state index in [2.05, 4.69) is 10.4 Å². The van der Waals surface area contributed by atoms with Crippen LogP contribution >= 0.6 is 0 Å². The first kappa shape index (κ1) is 20.3. The first-order chi connectivity index (χ1) is 13.8. The quantitative estimate of drug-likeness (QED) is 0.491. The average molecular weight is 392 g/mol. The highest BCUT2D eigenvalue weighted by molar-refractivity contribution is 5.94. The van der Waals surface area contributed by atoms with Crippen molar-refractivity contribution in [2.75, 3.05) is 0 Å². The molecule has 150 valence electrons. The molecule has 7 nitrogen and oxygen atoms in total. The molecule has 0 aliphatic heterocycles. The highest BCUT2D eigenvalue weighted by Gasteiger charge is 2.20.